The zero-order valence-corrected chi connectivity index (χ0v) is 14.6. The number of nitrogens with one attached hydrogen (secondary N) is 1. The molecule has 3 heteroatoms. The quantitative estimate of drug-likeness (QED) is 0.737. The topological polar surface area (TPSA) is 24.5 Å². The van der Waals surface area contributed by atoms with E-state index in [1.54, 1.807) is 7.11 Å². The molecule has 120 valence electrons. The van der Waals surface area contributed by atoms with Gasteiger partial charge in [-0.15, -0.1) is 0 Å². The first-order chi connectivity index (χ1) is 10.0. The first-order valence-corrected chi connectivity index (χ1v) is 8.16. The highest BCUT2D eigenvalue weighted by molar-refractivity contribution is 5.60. The zero-order valence-electron chi connectivity index (χ0n) is 14.6. The molecule has 2 atom stereocenters. The summed E-state index contributed by atoms with van der Waals surface area (Å²) in [6.45, 7) is 11.0. The van der Waals surface area contributed by atoms with Crippen LogP contribution in [0.25, 0.3) is 0 Å². The van der Waals surface area contributed by atoms with Gasteiger partial charge >= 0.3 is 0 Å². The molecule has 1 aromatic rings. The van der Waals surface area contributed by atoms with Gasteiger partial charge in [0.05, 0.1) is 7.11 Å². The first-order valence-electron chi connectivity index (χ1n) is 8.16. The van der Waals surface area contributed by atoms with Crippen LogP contribution in [0.1, 0.15) is 52.1 Å². The van der Waals surface area contributed by atoms with Crippen molar-refractivity contribution in [3.05, 3.63) is 23.8 Å². The van der Waals surface area contributed by atoms with E-state index in [0.29, 0.717) is 5.92 Å². The van der Waals surface area contributed by atoms with Crippen molar-refractivity contribution in [2.75, 3.05) is 32.1 Å². The third-order valence-electron chi connectivity index (χ3n) is 4.09. The maximum Gasteiger partial charge on any atom is 0.125 e. The van der Waals surface area contributed by atoms with Crippen molar-refractivity contribution in [3.63, 3.8) is 0 Å². The molecule has 0 bridgehead atoms. The summed E-state index contributed by atoms with van der Waals surface area (Å²) in [6.07, 6.45) is 2.34. The summed E-state index contributed by atoms with van der Waals surface area (Å²) in [5.74, 6) is 1.66. The van der Waals surface area contributed by atoms with E-state index in [0.717, 1.165) is 25.3 Å². The Labute approximate surface area is 130 Å². The fraction of sp³-hybridized carbons (Fsp3) is 0.667. The molecule has 0 fully saturated rings. The van der Waals surface area contributed by atoms with Crippen molar-refractivity contribution in [2.45, 2.75) is 46.6 Å². The molecule has 0 saturated carbocycles. The molecule has 0 aliphatic carbocycles. The van der Waals surface area contributed by atoms with E-state index in [9.17, 15) is 0 Å². The number of ether oxygens (including phenoxy) is 1. The maximum absolute atomic E-state index is 5.60. The summed E-state index contributed by atoms with van der Waals surface area (Å²) in [4.78, 5) is 2.36. The molecule has 0 saturated heterocycles. The molecule has 21 heavy (non-hydrogen) atoms. The van der Waals surface area contributed by atoms with Gasteiger partial charge in [-0.25, -0.2) is 0 Å². The molecule has 0 aliphatic heterocycles. The zero-order chi connectivity index (χ0) is 15.8. The van der Waals surface area contributed by atoms with Gasteiger partial charge in [0, 0.05) is 30.9 Å². The maximum atomic E-state index is 5.60. The molecule has 0 heterocycles. The van der Waals surface area contributed by atoms with E-state index in [1.807, 2.05) is 0 Å². The van der Waals surface area contributed by atoms with E-state index in [1.165, 1.54) is 17.7 Å². The summed E-state index contributed by atoms with van der Waals surface area (Å²) < 4.78 is 5.60. The number of hydrogen-bond donors (Lipinski definition) is 1. The minimum atomic E-state index is 0.287. The SMILES string of the molecule is CCCNC(C)c1c(OC)cccc1N(C)CC(C)CC. The second-order valence-corrected chi connectivity index (χ2v) is 5.96. The second-order valence-electron chi connectivity index (χ2n) is 5.96. The van der Waals surface area contributed by atoms with Crippen LogP contribution in [0.2, 0.25) is 0 Å². The van der Waals surface area contributed by atoms with Crippen molar-refractivity contribution in [3.8, 4) is 5.75 Å². The van der Waals surface area contributed by atoms with Gasteiger partial charge in [0.25, 0.3) is 0 Å². The van der Waals surface area contributed by atoms with Crippen LogP contribution in [-0.4, -0.2) is 27.2 Å². The highest BCUT2D eigenvalue weighted by atomic mass is 16.5. The summed E-state index contributed by atoms with van der Waals surface area (Å²) >= 11 is 0. The van der Waals surface area contributed by atoms with E-state index < -0.39 is 0 Å². The highest BCUT2D eigenvalue weighted by Gasteiger charge is 2.18. The predicted molar refractivity (Wildman–Crippen MR) is 92.4 cm³/mol. The standard InChI is InChI=1S/C18H32N2O/c1-7-12-19-15(4)18-16(10-9-11-17(18)21-6)20(5)13-14(3)8-2/h9-11,14-15,19H,7-8,12-13H2,1-6H3. The molecule has 1 aromatic carbocycles. The number of nitrogens with zero attached hydrogens (tertiary/aromatic N) is 1. The lowest BCUT2D eigenvalue weighted by atomic mass is 10.0. The van der Waals surface area contributed by atoms with E-state index >= 15 is 0 Å². The van der Waals surface area contributed by atoms with Crippen LogP contribution >= 0.6 is 0 Å². The number of hydrogen-bond acceptors (Lipinski definition) is 3. The summed E-state index contributed by atoms with van der Waals surface area (Å²) in [6, 6.07) is 6.62. The number of benzene rings is 1. The smallest absolute Gasteiger partial charge is 0.125 e. The van der Waals surface area contributed by atoms with Crippen molar-refractivity contribution in [1.82, 2.24) is 5.32 Å². The molecule has 2 unspecified atom stereocenters. The average Bonchev–Trinajstić information content (AvgIpc) is 2.51. The van der Waals surface area contributed by atoms with Gasteiger partial charge in [-0.05, 0) is 37.9 Å². The minimum Gasteiger partial charge on any atom is -0.496 e. The molecule has 1 N–H and O–H groups in total. The Balaban J connectivity index is 3.06. The van der Waals surface area contributed by atoms with Gasteiger partial charge < -0.3 is 15.0 Å². The minimum absolute atomic E-state index is 0.287. The fourth-order valence-electron chi connectivity index (χ4n) is 2.64. The van der Waals surface area contributed by atoms with Crippen molar-refractivity contribution >= 4 is 5.69 Å². The number of anilines is 1. The lowest BCUT2D eigenvalue weighted by molar-refractivity contribution is 0.401. The molecule has 0 spiro atoms. The van der Waals surface area contributed by atoms with Crippen LogP contribution in [0.4, 0.5) is 5.69 Å². The third-order valence-corrected chi connectivity index (χ3v) is 4.09. The highest BCUT2D eigenvalue weighted by Crippen LogP contribution is 2.34. The van der Waals surface area contributed by atoms with Crippen molar-refractivity contribution in [1.29, 1.82) is 0 Å². The summed E-state index contributed by atoms with van der Waals surface area (Å²) in [5.41, 5.74) is 2.53. The molecule has 0 aromatic heterocycles. The predicted octanol–water partition coefficient (Wildman–Crippen LogP) is 4.24. The van der Waals surface area contributed by atoms with Crippen molar-refractivity contribution < 1.29 is 4.74 Å². The van der Waals surface area contributed by atoms with Gasteiger partial charge in [0.1, 0.15) is 5.75 Å². The normalized spacial score (nSPS) is 13.8. The third kappa shape index (κ3) is 4.92. The van der Waals surface area contributed by atoms with Crippen LogP contribution in [0.3, 0.4) is 0 Å². The summed E-state index contributed by atoms with van der Waals surface area (Å²) in [5, 5.41) is 3.58. The molecule has 0 aliphatic rings. The molecular formula is C18H32N2O. The molecule has 0 amide bonds. The van der Waals surface area contributed by atoms with Crippen LogP contribution in [0.5, 0.6) is 5.75 Å². The van der Waals surface area contributed by atoms with Crippen LogP contribution in [0.15, 0.2) is 18.2 Å². The van der Waals surface area contributed by atoms with E-state index in [4.69, 9.17) is 4.74 Å². The van der Waals surface area contributed by atoms with Gasteiger partial charge in [-0.3, -0.25) is 0 Å². The Morgan fingerprint density at radius 2 is 1.95 bits per heavy atom. The van der Waals surface area contributed by atoms with Gasteiger partial charge in [0.2, 0.25) is 0 Å². The van der Waals surface area contributed by atoms with Crippen LogP contribution < -0.4 is 15.0 Å². The van der Waals surface area contributed by atoms with E-state index in [-0.39, 0.29) is 6.04 Å². The van der Waals surface area contributed by atoms with Gasteiger partial charge in [0.15, 0.2) is 0 Å². The van der Waals surface area contributed by atoms with E-state index in [2.05, 4.69) is 63.2 Å². The first kappa shape index (κ1) is 17.8. The Bertz CT molecular complexity index is 420. The summed E-state index contributed by atoms with van der Waals surface area (Å²) in [7, 11) is 3.93. The lowest BCUT2D eigenvalue weighted by Crippen LogP contribution is -2.27. The lowest BCUT2D eigenvalue weighted by Gasteiger charge is -2.29. The van der Waals surface area contributed by atoms with Crippen LogP contribution in [-0.2, 0) is 0 Å². The Hall–Kier alpha value is -1.22. The van der Waals surface area contributed by atoms with Crippen molar-refractivity contribution in [2.24, 2.45) is 5.92 Å². The largest absolute Gasteiger partial charge is 0.496 e. The number of methoxy groups -OCH3 is 1. The van der Waals surface area contributed by atoms with Gasteiger partial charge in [-0.2, -0.15) is 0 Å². The second kappa shape index (κ2) is 8.93. The number of rotatable bonds is 9. The Morgan fingerprint density at radius 1 is 1.24 bits per heavy atom. The van der Waals surface area contributed by atoms with Crippen LogP contribution in [0, 0.1) is 5.92 Å². The monoisotopic (exact) mass is 292 g/mol. The fourth-order valence-corrected chi connectivity index (χ4v) is 2.64. The molecule has 0 radical (unpaired) electrons. The molecular weight excluding hydrogens is 260 g/mol. The molecule has 3 nitrogen and oxygen atoms in total. The molecule has 1 rings (SSSR count). The van der Waals surface area contributed by atoms with Gasteiger partial charge in [-0.1, -0.05) is 33.3 Å². The Morgan fingerprint density at radius 3 is 2.52 bits per heavy atom. The Kier molecular flexibility index (Phi) is 7.58. The average molecular weight is 292 g/mol.